The molecule has 0 saturated heterocycles. The van der Waals surface area contributed by atoms with E-state index < -0.39 is 0 Å². The zero-order valence-corrected chi connectivity index (χ0v) is 13.1. The van der Waals surface area contributed by atoms with Crippen molar-refractivity contribution in [2.45, 2.75) is 0 Å². The molecule has 116 valence electrons. The van der Waals surface area contributed by atoms with Crippen LogP contribution in [0.15, 0.2) is 48.5 Å². The molecule has 2 aromatic carbocycles. The van der Waals surface area contributed by atoms with Gasteiger partial charge in [-0.3, -0.25) is 9.59 Å². The second kappa shape index (κ2) is 6.14. The molecule has 0 aliphatic heterocycles. The number of benzene rings is 2. The first kappa shape index (κ1) is 15.1. The van der Waals surface area contributed by atoms with Crippen molar-refractivity contribution in [1.29, 1.82) is 0 Å². The van der Waals surface area contributed by atoms with Crippen LogP contribution >= 0.6 is 11.6 Å². The molecule has 3 aromatic rings. The predicted octanol–water partition coefficient (Wildman–Crippen LogP) is 3.43. The fourth-order valence-corrected chi connectivity index (χ4v) is 2.52. The zero-order valence-electron chi connectivity index (χ0n) is 12.3. The first-order chi connectivity index (χ1) is 11.1. The Balaban J connectivity index is 1.90. The van der Waals surface area contributed by atoms with E-state index >= 15 is 0 Å². The van der Waals surface area contributed by atoms with Gasteiger partial charge in [0.15, 0.2) is 0 Å². The van der Waals surface area contributed by atoms with E-state index in [1.807, 2.05) is 6.07 Å². The number of anilines is 1. The monoisotopic (exact) mass is 327 g/mol. The van der Waals surface area contributed by atoms with Gasteiger partial charge in [0.1, 0.15) is 5.69 Å². The van der Waals surface area contributed by atoms with Crippen molar-refractivity contribution in [3.05, 3.63) is 64.8 Å². The summed E-state index contributed by atoms with van der Waals surface area (Å²) in [4.78, 5) is 27.3. The van der Waals surface area contributed by atoms with Crippen LogP contribution < -0.4 is 10.6 Å². The van der Waals surface area contributed by atoms with E-state index in [-0.39, 0.29) is 11.8 Å². The van der Waals surface area contributed by atoms with Gasteiger partial charge >= 0.3 is 0 Å². The highest BCUT2D eigenvalue weighted by Gasteiger charge is 2.14. The Morgan fingerprint density at radius 3 is 2.61 bits per heavy atom. The molecule has 0 radical (unpaired) electrons. The van der Waals surface area contributed by atoms with Crippen LogP contribution in [0.5, 0.6) is 0 Å². The van der Waals surface area contributed by atoms with Crippen molar-refractivity contribution in [3.8, 4) is 0 Å². The average molecular weight is 328 g/mol. The number of rotatable bonds is 3. The summed E-state index contributed by atoms with van der Waals surface area (Å²) in [6, 6.07) is 13.9. The summed E-state index contributed by atoms with van der Waals surface area (Å²) in [6.07, 6.45) is 0. The van der Waals surface area contributed by atoms with Crippen LogP contribution in [0, 0.1) is 0 Å². The minimum Gasteiger partial charge on any atom is -0.355 e. The number of hydrogen-bond donors (Lipinski definition) is 3. The van der Waals surface area contributed by atoms with Crippen LogP contribution in [0.1, 0.15) is 20.8 Å². The van der Waals surface area contributed by atoms with E-state index in [1.54, 1.807) is 49.5 Å². The predicted molar refractivity (Wildman–Crippen MR) is 91.1 cm³/mol. The summed E-state index contributed by atoms with van der Waals surface area (Å²) in [6.45, 7) is 0. The summed E-state index contributed by atoms with van der Waals surface area (Å²) in [7, 11) is 1.54. The lowest BCUT2D eigenvalue weighted by Gasteiger charge is -2.09. The lowest BCUT2D eigenvalue weighted by molar-refractivity contribution is 0.0964. The fourth-order valence-electron chi connectivity index (χ4n) is 2.34. The molecule has 0 atom stereocenters. The van der Waals surface area contributed by atoms with Crippen molar-refractivity contribution >= 4 is 40.0 Å². The van der Waals surface area contributed by atoms with Crippen LogP contribution in [0.4, 0.5) is 5.69 Å². The summed E-state index contributed by atoms with van der Waals surface area (Å²) in [5, 5.41) is 6.76. The molecule has 0 spiro atoms. The lowest BCUT2D eigenvalue weighted by atomic mass is 10.1. The van der Waals surface area contributed by atoms with Crippen molar-refractivity contribution in [2.75, 3.05) is 12.4 Å². The van der Waals surface area contributed by atoms with Gasteiger partial charge in [-0.2, -0.15) is 0 Å². The molecular formula is C17H14ClN3O2. The maximum absolute atomic E-state index is 12.4. The molecule has 0 unspecified atom stereocenters. The van der Waals surface area contributed by atoms with Crippen molar-refractivity contribution in [1.82, 2.24) is 10.3 Å². The first-order valence-corrected chi connectivity index (χ1v) is 7.37. The number of carbonyl (C=O) groups is 2. The van der Waals surface area contributed by atoms with Gasteiger partial charge < -0.3 is 15.6 Å². The Morgan fingerprint density at radius 2 is 1.83 bits per heavy atom. The van der Waals surface area contributed by atoms with E-state index in [2.05, 4.69) is 15.6 Å². The largest absolute Gasteiger partial charge is 0.355 e. The number of aromatic amines is 1. The summed E-state index contributed by atoms with van der Waals surface area (Å²) < 4.78 is 0. The molecule has 5 nitrogen and oxygen atoms in total. The normalized spacial score (nSPS) is 10.5. The molecule has 0 saturated carbocycles. The Labute approximate surface area is 137 Å². The summed E-state index contributed by atoms with van der Waals surface area (Å²) >= 11 is 5.95. The second-order valence-electron chi connectivity index (χ2n) is 4.99. The smallest absolute Gasteiger partial charge is 0.272 e. The third kappa shape index (κ3) is 3.05. The van der Waals surface area contributed by atoms with E-state index in [0.717, 1.165) is 10.9 Å². The number of amides is 2. The summed E-state index contributed by atoms with van der Waals surface area (Å²) in [5.74, 6) is -0.585. The van der Waals surface area contributed by atoms with Crippen molar-refractivity contribution in [3.63, 3.8) is 0 Å². The highest BCUT2D eigenvalue weighted by atomic mass is 35.5. The van der Waals surface area contributed by atoms with Gasteiger partial charge in [-0.1, -0.05) is 23.7 Å². The number of para-hydroxylation sites is 1. The van der Waals surface area contributed by atoms with E-state index in [9.17, 15) is 9.59 Å². The van der Waals surface area contributed by atoms with Crippen molar-refractivity contribution < 1.29 is 9.59 Å². The molecule has 0 aliphatic carbocycles. The molecule has 2 amide bonds. The van der Waals surface area contributed by atoms with Crippen LogP contribution in [-0.2, 0) is 0 Å². The molecule has 23 heavy (non-hydrogen) atoms. The molecule has 3 N–H and O–H groups in total. The molecule has 0 fully saturated rings. The molecule has 3 rings (SSSR count). The number of hydrogen-bond acceptors (Lipinski definition) is 2. The molecule has 0 bridgehead atoms. The van der Waals surface area contributed by atoms with Gasteiger partial charge in [-0.15, -0.1) is 0 Å². The number of fused-ring (bicyclic) bond motifs is 1. The minimum atomic E-state index is -0.325. The van der Waals surface area contributed by atoms with E-state index in [0.29, 0.717) is 22.0 Å². The van der Waals surface area contributed by atoms with Crippen LogP contribution in [0.25, 0.3) is 10.9 Å². The van der Waals surface area contributed by atoms with Crippen LogP contribution in [0.3, 0.4) is 0 Å². The highest BCUT2D eigenvalue weighted by Crippen LogP contribution is 2.21. The van der Waals surface area contributed by atoms with Crippen molar-refractivity contribution in [2.24, 2.45) is 0 Å². The van der Waals surface area contributed by atoms with Gasteiger partial charge in [0.25, 0.3) is 11.8 Å². The Morgan fingerprint density at radius 1 is 1.04 bits per heavy atom. The second-order valence-corrected chi connectivity index (χ2v) is 5.43. The SMILES string of the molecule is CNC(=O)c1ccccc1NC(=O)c1cc2cc(Cl)ccc2[nH]1. The third-order valence-electron chi connectivity index (χ3n) is 3.47. The first-order valence-electron chi connectivity index (χ1n) is 6.99. The maximum atomic E-state index is 12.4. The maximum Gasteiger partial charge on any atom is 0.272 e. The Kier molecular flexibility index (Phi) is 4.04. The number of aromatic nitrogens is 1. The number of nitrogens with one attached hydrogen (secondary N) is 3. The average Bonchev–Trinajstić information content (AvgIpc) is 2.98. The van der Waals surface area contributed by atoms with Gasteiger partial charge in [0.05, 0.1) is 11.3 Å². The molecule has 1 aromatic heterocycles. The standard InChI is InChI=1S/C17H14ClN3O2/c1-19-16(22)12-4-2-3-5-14(12)21-17(23)15-9-10-8-11(18)6-7-13(10)20-15/h2-9,20H,1H3,(H,19,22)(H,21,23). The lowest BCUT2D eigenvalue weighted by Crippen LogP contribution is -2.21. The fraction of sp³-hybridized carbons (Fsp3) is 0.0588. The number of halogens is 1. The van der Waals surface area contributed by atoms with Gasteiger partial charge in [0.2, 0.25) is 0 Å². The van der Waals surface area contributed by atoms with Gasteiger partial charge in [-0.05, 0) is 36.4 Å². The minimum absolute atomic E-state index is 0.260. The topological polar surface area (TPSA) is 74.0 Å². The Hall–Kier alpha value is -2.79. The number of carbonyl (C=O) groups excluding carboxylic acids is 2. The third-order valence-corrected chi connectivity index (χ3v) is 3.71. The highest BCUT2D eigenvalue weighted by molar-refractivity contribution is 6.31. The van der Waals surface area contributed by atoms with Crippen LogP contribution in [0.2, 0.25) is 5.02 Å². The van der Waals surface area contributed by atoms with Crippen LogP contribution in [-0.4, -0.2) is 23.8 Å². The molecule has 1 heterocycles. The molecular weight excluding hydrogens is 314 g/mol. The quantitative estimate of drug-likeness (QED) is 0.689. The molecule has 0 aliphatic rings. The Bertz CT molecular complexity index is 902. The van der Waals surface area contributed by atoms with Gasteiger partial charge in [-0.25, -0.2) is 0 Å². The summed E-state index contributed by atoms with van der Waals surface area (Å²) in [5.41, 5.74) is 2.07. The van der Waals surface area contributed by atoms with Gasteiger partial charge in [0, 0.05) is 23.0 Å². The van der Waals surface area contributed by atoms with E-state index in [4.69, 9.17) is 11.6 Å². The number of H-pyrrole nitrogens is 1. The molecule has 6 heteroatoms. The zero-order chi connectivity index (χ0) is 16.4. The van der Waals surface area contributed by atoms with E-state index in [1.165, 1.54) is 0 Å².